The summed E-state index contributed by atoms with van der Waals surface area (Å²) in [5.41, 5.74) is 0.132. The Bertz CT molecular complexity index is 501. The van der Waals surface area contributed by atoms with Gasteiger partial charge in [0.1, 0.15) is 0 Å². The van der Waals surface area contributed by atoms with E-state index in [2.05, 4.69) is 15.9 Å². The maximum atomic E-state index is 12.0. The van der Waals surface area contributed by atoms with Crippen LogP contribution in [-0.2, 0) is 9.09 Å². The first kappa shape index (κ1) is 15.6. The minimum Gasteiger partial charge on any atom is -0.319 e. The third-order valence-electron chi connectivity index (χ3n) is 2.51. The lowest BCUT2D eigenvalue weighted by atomic mass is 10.2. The molecule has 100 valence electrons. The molecule has 0 heterocycles. The molecule has 1 N–H and O–H groups in total. The lowest BCUT2D eigenvalue weighted by Crippen LogP contribution is -2.11. The normalized spacial score (nSPS) is 16.1. The fraction of sp³-hybridized carbons (Fsp3) is 0.417. The maximum absolute atomic E-state index is 12.0. The van der Waals surface area contributed by atoms with Gasteiger partial charge in [-0.3, -0.25) is 9.36 Å². The van der Waals surface area contributed by atoms with E-state index in [0.717, 1.165) is 5.56 Å². The van der Waals surface area contributed by atoms with Gasteiger partial charge in [-0.2, -0.15) is 0 Å². The molecule has 0 fully saturated rings. The fourth-order valence-electron chi connectivity index (χ4n) is 1.32. The quantitative estimate of drug-likeness (QED) is 0.829. The van der Waals surface area contributed by atoms with Crippen LogP contribution in [-0.4, -0.2) is 16.5 Å². The highest BCUT2D eigenvalue weighted by Crippen LogP contribution is 2.48. The van der Waals surface area contributed by atoms with E-state index in [9.17, 15) is 14.3 Å². The van der Waals surface area contributed by atoms with Crippen molar-refractivity contribution >= 4 is 29.1 Å². The van der Waals surface area contributed by atoms with Crippen molar-refractivity contribution in [1.82, 2.24) is 0 Å². The van der Waals surface area contributed by atoms with Crippen molar-refractivity contribution in [3.63, 3.8) is 0 Å². The van der Waals surface area contributed by atoms with Gasteiger partial charge < -0.3 is 9.42 Å². The summed E-state index contributed by atoms with van der Waals surface area (Å²) in [6.45, 7) is 5.28. The molecule has 18 heavy (non-hydrogen) atoms. The average Bonchev–Trinajstić information content (AvgIpc) is 2.30. The highest BCUT2D eigenvalue weighted by atomic mass is 79.9. The van der Waals surface area contributed by atoms with Gasteiger partial charge in [-0.15, -0.1) is 0 Å². The number of hydrogen-bond acceptors (Lipinski definition) is 3. The van der Waals surface area contributed by atoms with Crippen LogP contribution in [0.3, 0.4) is 0 Å². The highest BCUT2D eigenvalue weighted by molar-refractivity contribution is 9.10. The first-order valence-corrected chi connectivity index (χ1v) is 7.97. The Morgan fingerprint density at radius 2 is 2.17 bits per heavy atom. The summed E-state index contributed by atoms with van der Waals surface area (Å²) in [6, 6.07) is 5.04. The van der Waals surface area contributed by atoms with Crippen LogP contribution < -0.4 is 0 Å². The highest BCUT2D eigenvalue weighted by Gasteiger charge is 2.34. The first-order chi connectivity index (χ1) is 8.27. The number of hydrogen-bond donors (Lipinski definition) is 1. The fourth-order valence-corrected chi connectivity index (χ4v) is 3.12. The predicted octanol–water partition coefficient (Wildman–Crippen LogP) is 3.90. The molecule has 0 radical (unpaired) electrons. The molecule has 6 heteroatoms. The Balaban J connectivity index is 3.06. The molecule has 1 aromatic rings. The van der Waals surface area contributed by atoms with Crippen LogP contribution in [0.2, 0.25) is 0 Å². The van der Waals surface area contributed by atoms with Gasteiger partial charge >= 0.3 is 7.60 Å². The van der Waals surface area contributed by atoms with E-state index in [1.54, 1.807) is 32.0 Å². The van der Waals surface area contributed by atoms with Crippen molar-refractivity contribution in [3.8, 4) is 0 Å². The number of carbonyl (C=O) groups excluding carboxylic acids is 1. The number of carbonyl (C=O) groups is 1. The largest absolute Gasteiger partial charge is 0.399 e. The monoisotopic (exact) mass is 334 g/mol. The molecule has 0 aliphatic rings. The van der Waals surface area contributed by atoms with Gasteiger partial charge in [0.2, 0.25) is 0 Å². The molecule has 2 unspecified atom stereocenters. The zero-order chi connectivity index (χ0) is 13.9. The van der Waals surface area contributed by atoms with Crippen molar-refractivity contribution in [2.24, 2.45) is 0 Å². The summed E-state index contributed by atoms with van der Waals surface area (Å²) in [4.78, 5) is 21.7. The SMILES string of the molecule is CCC(C)OP(=O)(O)C(=O)c1cc(C)ccc1Br. The summed E-state index contributed by atoms with van der Waals surface area (Å²) < 4.78 is 17.3. The zero-order valence-corrected chi connectivity index (χ0v) is 13.0. The second kappa shape index (κ2) is 6.11. The molecule has 0 bridgehead atoms. The van der Waals surface area contributed by atoms with Crippen LogP contribution >= 0.6 is 23.5 Å². The number of aryl methyl sites for hydroxylation is 1. The minimum absolute atomic E-state index is 0.170. The van der Waals surface area contributed by atoms with Gasteiger partial charge in [-0.1, -0.05) is 34.5 Å². The van der Waals surface area contributed by atoms with Crippen molar-refractivity contribution in [2.75, 3.05) is 0 Å². The lowest BCUT2D eigenvalue weighted by molar-refractivity contribution is 0.0991. The van der Waals surface area contributed by atoms with E-state index in [1.807, 2.05) is 6.92 Å². The second-order valence-corrected chi connectivity index (χ2v) is 6.65. The zero-order valence-electron chi connectivity index (χ0n) is 10.5. The van der Waals surface area contributed by atoms with E-state index in [1.165, 1.54) is 0 Å². The molecule has 1 rings (SSSR count). The Morgan fingerprint density at radius 1 is 1.56 bits per heavy atom. The third kappa shape index (κ3) is 3.75. The second-order valence-electron chi connectivity index (χ2n) is 4.13. The Kier molecular flexibility index (Phi) is 5.29. The van der Waals surface area contributed by atoms with E-state index >= 15 is 0 Å². The standard InChI is InChI=1S/C12H16BrO4P/c1-4-9(3)17-18(15,16)12(14)10-7-8(2)5-6-11(10)13/h5-7,9H,4H2,1-3H3,(H,15,16). The molecule has 0 aliphatic heterocycles. The van der Waals surface area contributed by atoms with Crippen LogP contribution in [0.25, 0.3) is 0 Å². The van der Waals surface area contributed by atoms with Crippen LogP contribution in [0.4, 0.5) is 0 Å². The van der Waals surface area contributed by atoms with Gasteiger partial charge in [-0.25, -0.2) is 0 Å². The molecule has 1 aromatic carbocycles. The number of halogens is 1. The topological polar surface area (TPSA) is 63.6 Å². The maximum Gasteiger partial charge on any atom is 0.399 e. The summed E-state index contributed by atoms with van der Waals surface area (Å²) in [6.07, 6.45) is 0.126. The minimum atomic E-state index is -4.29. The number of rotatable bonds is 5. The predicted molar refractivity (Wildman–Crippen MR) is 73.9 cm³/mol. The molecular weight excluding hydrogens is 319 g/mol. The Hall–Kier alpha value is -0.480. The van der Waals surface area contributed by atoms with Crippen molar-refractivity contribution in [2.45, 2.75) is 33.3 Å². The van der Waals surface area contributed by atoms with Crippen LogP contribution in [0.15, 0.2) is 22.7 Å². The molecule has 4 nitrogen and oxygen atoms in total. The van der Waals surface area contributed by atoms with E-state index in [0.29, 0.717) is 10.9 Å². The third-order valence-corrected chi connectivity index (χ3v) is 4.60. The lowest BCUT2D eigenvalue weighted by Gasteiger charge is -2.16. The molecule has 0 saturated heterocycles. The molecule has 0 spiro atoms. The summed E-state index contributed by atoms with van der Waals surface area (Å²) >= 11 is 3.20. The first-order valence-electron chi connectivity index (χ1n) is 5.60. The van der Waals surface area contributed by atoms with Crippen LogP contribution in [0, 0.1) is 6.92 Å². The molecule has 0 aliphatic carbocycles. The summed E-state index contributed by atoms with van der Waals surface area (Å²) in [5, 5.41) is 0. The van der Waals surface area contributed by atoms with Gasteiger partial charge in [-0.05, 0) is 32.4 Å². The number of benzene rings is 1. The Labute approximate surface area is 115 Å². The van der Waals surface area contributed by atoms with Crippen molar-refractivity contribution in [1.29, 1.82) is 0 Å². The van der Waals surface area contributed by atoms with Gasteiger partial charge in [0, 0.05) is 10.0 Å². The van der Waals surface area contributed by atoms with Crippen LogP contribution in [0.1, 0.15) is 36.2 Å². The molecule has 0 aromatic heterocycles. The van der Waals surface area contributed by atoms with Gasteiger partial charge in [0.05, 0.1) is 6.10 Å². The van der Waals surface area contributed by atoms with E-state index < -0.39 is 19.2 Å². The van der Waals surface area contributed by atoms with Gasteiger partial charge in [0.15, 0.2) is 0 Å². The molecule has 0 amide bonds. The molecule has 2 atom stereocenters. The Morgan fingerprint density at radius 3 is 2.72 bits per heavy atom. The summed E-state index contributed by atoms with van der Waals surface area (Å²) in [5.74, 6) is 0. The average molecular weight is 335 g/mol. The van der Waals surface area contributed by atoms with Crippen molar-refractivity contribution < 1.29 is 18.8 Å². The van der Waals surface area contributed by atoms with E-state index in [4.69, 9.17) is 4.52 Å². The van der Waals surface area contributed by atoms with Crippen molar-refractivity contribution in [3.05, 3.63) is 33.8 Å². The van der Waals surface area contributed by atoms with Gasteiger partial charge in [0.25, 0.3) is 5.52 Å². The summed E-state index contributed by atoms with van der Waals surface area (Å²) in [7, 11) is -4.29. The van der Waals surface area contributed by atoms with E-state index in [-0.39, 0.29) is 5.56 Å². The van der Waals surface area contributed by atoms with Crippen LogP contribution in [0.5, 0.6) is 0 Å². The molecule has 0 saturated carbocycles. The molecular formula is C12H16BrO4P. The smallest absolute Gasteiger partial charge is 0.319 e.